The van der Waals surface area contributed by atoms with Gasteiger partial charge in [-0.3, -0.25) is 14.3 Å². The van der Waals surface area contributed by atoms with Gasteiger partial charge in [0.1, 0.15) is 18.2 Å². The van der Waals surface area contributed by atoms with E-state index in [1.54, 1.807) is 42.5 Å². The van der Waals surface area contributed by atoms with Gasteiger partial charge in [-0.25, -0.2) is 4.39 Å². The first-order chi connectivity index (χ1) is 17.8. The summed E-state index contributed by atoms with van der Waals surface area (Å²) in [5.74, 6) is 0.0700. The van der Waals surface area contributed by atoms with Crippen LogP contribution in [0, 0.1) is 5.82 Å². The highest BCUT2D eigenvalue weighted by atomic mass is 32.1. The number of halogens is 1. The Balaban J connectivity index is 1.43. The van der Waals surface area contributed by atoms with E-state index in [2.05, 4.69) is 4.90 Å². The van der Waals surface area contributed by atoms with Crippen LogP contribution in [0.2, 0.25) is 0 Å². The summed E-state index contributed by atoms with van der Waals surface area (Å²) in [6.45, 7) is 3.67. The van der Waals surface area contributed by atoms with Crippen molar-refractivity contribution in [3.8, 4) is 16.2 Å². The molecule has 1 aliphatic heterocycles. The predicted molar refractivity (Wildman–Crippen MR) is 145 cm³/mol. The summed E-state index contributed by atoms with van der Waals surface area (Å²) in [6, 6.07) is 17.2. The fourth-order valence-corrected chi connectivity index (χ4v) is 6.52. The summed E-state index contributed by atoms with van der Waals surface area (Å²) in [7, 11) is -4.46. The van der Waals surface area contributed by atoms with Crippen molar-refractivity contribution in [1.29, 1.82) is 0 Å². The number of fused-ring (bicyclic) bond motifs is 1. The highest BCUT2D eigenvalue weighted by Crippen LogP contribution is 2.42. The average Bonchev–Trinajstić information content (AvgIpc) is 3.28. The standard InChI is InChI=1S/C28H27FNO5PS/c29-21-8-4-20(5-9-21)28-26(24-13-12-23(36(32,33)34)18-25(24)37-28)27(31)19-6-10-22(11-7-19)35-17-16-30-14-2-1-3-15-30/h4-13,18H,1-3,14-17H2,(H2,32,33,34). The first kappa shape index (κ1) is 25.8. The number of thiophene rings is 1. The molecule has 37 heavy (non-hydrogen) atoms. The minimum Gasteiger partial charge on any atom is -0.492 e. The van der Waals surface area contributed by atoms with Crippen LogP contribution in [-0.2, 0) is 4.57 Å². The van der Waals surface area contributed by atoms with Crippen molar-refractivity contribution in [2.45, 2.75) is 19.3 Å². The minimum absolute atomic E-state index is 0.114. The van der Waals surface area contributed by atoms with E-state index < -0.39 is 13.4 Å². The maximum Gasteiger partial charge on any atom is 0.356 e. The molecule has 192 valence electrons. The van der Waals surface area contributed by atoms with E-state index in [0.29, 0.717) is 44.0 Å². The Bertz CT molecular complexity index is 1460. The van der Waals surface area contributed by atoms with Crippen LogP contribution < -0.4 is 10.0 Å². The molecular formula is C28H27FNO5PS. The number of rotatable bonds is 8. The summed E-state index contributed by atoms with van der Waals surface area (Å²) in [6.07, 6.45) is 3.75. The first-order valence-electron chi connectivity index (χ1n) is 12.2. The number of hydrogen-bond acceptors (Lipinski definition) is 5. The van der Waals surface area contributed by atoms with Gasteiger partial charge in [-0.1, -0.05) is 24.6 Å². The minimum atomic E-state index is -4.46. The van der Waals surface area contributed by atoms with Crippen molar-refractivity contribution in [1.82, 2.24) is 4.90 Å². The number of carbonyl (C=O) groups is 1. The van der Waals surface area contributed by atoms with Gasteiger partial charge >= 0.3 is 7.60 Å². The predicted octanol–water partition coefficient (Wildman–Crippen LogP) is 5.61. The third kappa shape index (κ3) is 5.84. The number of carbonyl (C=O) groups excluding carboxylic acids is 1. The van der Waals surface area contributed by atoms with Crippen molar-refractivity contribution < 1.29 is 28.3 Å². The Labute approximate surface area is 218 Å². The number of ether oxygens (including phenoxy) is 1. The molecule has 5 rings (SSSR count). The summed E-state index contributed by atoms with van der Waals surface area (Å²) in [4.78, 5) is 36.0. The lowest BCUT2D eigenvalue weighted by Crippen LogP contribution is -2.33. The highest BCUT2D eigenvalue weighted by molar-refractivity contribution is 7.60. The van der Waals surface area contributed by atoms with Crippen molar-refractivity contribution in [3.63, 3.8) is 0 Å². The molecule has 0 bridgehead atoms. The van der Waals surface area contributed by atoms with Crippen LogP contribution in [0.25, 0.3) is 20.5 Å². The zero-order valence-electron chi connectivity index (χ0n) is 20.1. The van der Waals surface area contributed by atoms with Crippen molar-refractivity contribution in [2.75, 3.05) is 26.2 Å². The molecule has 1 aromatic heterocycles. The van der Waals surface area contributed by atoms with Gasteiger partial charge in [-0.05, 0) is 80.0 Å². The molecule has 2 heterocycles. The van der Waals surface area contributed by atoms with Gasteiger partial charge in [-0.15, -0.1) is 11.3 Å². The SMILES string of the molecule is O=C(c1ccc(OCCN2CCCCC2)cc1)c1c(-c2ccc(F)cc2)sc2cc(P(=O)(O)O)ccc12. The van der Waals surface area contributed by atoms with E-state index in [0.717, 1.165) is 19.6 Å². The Hall–Kier alpha value is -2.87. The summed E-state index contributed by atoms with van der Waals surface area (Å²) in [5, 5.41) is 0.477. The molecule has 0 unspecified atom stereocenters. The molecular weight excluding hydrogens is 512 g/mol. The molecule has 4 aromatic rings. The van der Waals surface area contributed by atoms with Gasteiger partial charge < -0.3 is 14.5 Å². The zero-order chi connectivity index (χ0) is 26.0. The van der Waals surface area contributed by atoms with Crippen molar-refractivity contribution in [3.05, 3.63) is 83.7 Å². The molecule has 6 nitrogen and oxygen atoms in total. The lowest BCUT2D eigenvalue weighted by Gasteiger charge is -2.26. The van der Waals surface area contributed by atoms with Crippen molar-refractivity contribution >= 4 is 40.1 Å². The Morgan fingerprint density at radius 2 is 1.68 bits per heavy atom. The summed E-state index contributed by atoms with van der Waals surface area (Å²) in [5.41, 5.74) is 1.54. The normalized spacial score (nSPS) is 14.7. The van der Waals surface area contributed by atoms with E-state index in [1.165, 1.54) is 54.9 Å². The number of likely N-dealkylation sites (tertiary alicyclic amines) is 1. The molecule has 0 radical (unpaired) electrons. The van der Waals surface area contributed by atoms with Crippen LogP contribution in [0.4, 0.5) is 4.39 Å². The first-order valence-corrected chi connectivity index (χ1v) is 14.6. The van der Waals surface area contributed by atoms with Gasteiger partial charge in [0.05, 0.1) is 5.30 Å². The van der Waals surface area contributed by atoms with Crippen LogP contribution in [0.15, 0.2) is 66.7 Å². The monoisotopic (exact) mass is 539 g/mol. The van der Waals surface area contributed by atoms with E-state index >= 15 is 0 Å². The number of ketones is 1. The van der Waals surface area contributed by atoms with Crippen LogP contribution in [0.1, 0.15) is 35.2 Å². The molecule has 0 atom stereocenters. The Morgan fingerprint density at radius 1 is 0.973 bits per heavy atom. The number of benzene rings is 3. The van der Waals surface area contributed by atoms with Crippen LogP contribution in [0.5, 0.6) is 5.75 Å². The molecule has 1 aliphatic rings. The van der Waals surface area contributed by atoms with Crippen LogP contribution >= 0.6 is 18.9 Å². The molecule has 9 heteroatoms. The van der Waals surface area contributed by atoms with E-state index in [-0.39, 0.29) is 11.1 Å². The fraction of sp³-hybridized carbons (Fsp3) is 0.250. The fourth-order valence-electron chi connectivity index (χ4n) is 4.62. The second kappa shape index (κ2) is 10.9. The third-order valence-electron chi connectivity index (χ3n) is 6.58. The third-order valence-corrected chi connectivity index (χ3v) is 8.74. The van der Waals surface area contributed by atoms with Gasteiger partial charge in [-0.2, -0.15) is 0 Å². The number of nitrogens with zero attached hydrogens (tertiary/aromatic N) is 1. The van der Waals surface area contributed by atoms with Crippen molar-refractivity contribution in [2.24, 2.45) is 0 Å². The van der Waals surface area contributed by atoms with E-state index in [9.17, 15) is 23.5 Å². The molecule has 1 fully saturated rings. The molecule has 0 aliphatic carbocycles. The lowest BCUT2D eigenvalue weighted by atomic mass is 9.97. The number of piperidine rings is 1. The quantitative estimate of drug-likeness (QED) is 0.224. The molecule has 2 N–H and O–H groups in total. The maximum absolute atomic E-state index is 13.7. The lowest BCUT2D eigenvalue weighted by molar-refractivity contribution is 0.104. The van der Waals surface area contributed by atoms with Gasteiger partial charge in [0, 0.05) is 32.6 Å². The van der Waals surface area contributed by atoms with E-state index in [1.807, 2.05) is 0 Å². The highest BCUT2D eigenvalue weighted by Gasteiger charge is 2.24. The number of hydrogen-bond donors (Lipinski definition) is 2. The molecule has 1 saturated heterocycles. The second-order valence-corrected chi connectivity index (χ2v) is 11.8. The topological polar surface area (TPSA) is 87.1 Å². The maximum atomic E-state index is 13.7. The molecule has 3 aromatic carbocycles. The Morgan fingerprint density at radius 3 is 2.35 bits per heavy atom. The van der Waals surface area contributed by atoms with Gasteiger partial charge in [0.25, 0.3) is 0 Å². The summed E-state index contributed by atoms with van der Waals surface area (Å²) < 4.78 is 31.9. The molecule has 0 saturated carbocycles. The molecule has 0 amide bonds. The average molecular weight is 540 g/mol. The molecule has 0 spiro atoms. The van der Waals surface area contributed by atoms with Crippen LogP contribution in [0.3, 0.4) is 0 Å². The smallest absolute Gasteiger partial charge is 0.356 e. The zero-order valence-corrected chi connectivity index (χ0v) is 21.8. The van der Waals surface area contributed by atoms with Gasteiger partial charge in [0.2, 0.25) is 0 Å². The Kier molecular flexibility index (Phi) is 7.56. The second-order valence-electron chi connectivity index (χ2n) is 9.14. The van der Waals surface area contributed by atoms with Gasteiger partial charge in [0.15, 0.2) is 5.78 Å². The summed E-state index contributed by atoms with van der Waals surface area (Å²) >= 11 is 1.25. The van der Waals surface area contributed by atoms with Crippen LogP contribution in [-0.4, -0.2) is 46.7 Å². The largest absolute Gasteiger partial charge is 0.492 e. The van der Waals surface area contributed by atoms with E-state index in [4.69, 9.17) is 4.74 Å².